The summed E-state index contributed by atoms with van der Waals surface area (Å²) >= 11 is 0. The number of Topliss-reactive ketones (excluding diaryl/α,β-unsaturated/α-hetero) is 1. The van der Waals surface area contributed by atoms with Crippen molar-refractivity contribution in [3.63, 3.8) is 0 Å². The van der Waals surface area contributed by atoms with Crippen LogP contribution in [-0.2, 0) is 4.79 Å². The lowest BCUT2D eigenvalue weighted by Gasteiger charge is -2.35. The summed E-state index contributed by atoms with van der Waals surface area (Å²) in [6.45, 7) is 7.89. The SMILES string of the molecule is C=C1C(CC)=CC(C)C12C(=O)Oc1ccccc1C2=O. The summed E-state index contributed by atoms with van der Waals surface area (Å²) in [6.07, 6.45) is 2.72. The third kappa shape index (κ3) is 1.35. The van der Waals surface area contributed by atoms with Crippen LogP contribution in [0.3, 0.4) is 0 Å². The highest BCUT2D eigenvalue weighted by molar-refractivity contribution is 6.20. The molecule has 1 aliphatic carbocycles. The van der Waals surface area contributed by atoms with Gasteiger partial charge in [-0.25, -0.2) is 0 Å². The van der Waals surface area contributed by atoms with E-state index in [-0.39, 0.29) is 11.7 Å². The van der Waals surface area contributed by atoms with E-state index in [4.69, 9.17) is 4.74 Å². The van der Waals surface area contributed by atoms with Crippen LogP contribution < -0.4 is 4.74 Å². The molecule has 1 aliphatic heterocycles. The maximum Gasteiger partial charge on any atom is 0.330 e. The Hall–Kier alpha value is -2.16. The van der Waals surface area contributed by atoms with Crippen molar-refractivity contribution in [3.8, 4) is 5.75 Å². The van der Waals surface area contributed by atoms with Crippen LogP contribution >= 0.6 is 0 Å². The fraction of sp³-hybridized carbons (Fsp3) is 0.294. The molecule has 102 valence electrons. The lowest BCUT2D eigenvalue weighted by atomic mass is 9.68. The van der Waals surface area contributed by atoms with Gasteiger partial charge in [-0.1, -0.05) is 38.6 Å². The Morgan fingerprint density at radius 1 is 1.30 bits per heavy atom. The summed E-state index contributed by atoms with van der Waals surface area (Å²) in [6, 6.07) is 6.88. The molecule has 1 heterocycles. The minimum atomic E-state index is -1.26. The number of carbonyl (C=O) groups excluding carboxylic acids is 2. The summed E-state index contributed by atoms with van der Waals surface area (Å²) in [5.41, 5.74) is 0.768. The zero-order valence-electron chi connectivity index (χ0n) is 11.6. The monoisotopic (exact) mass is 268 g/mol. The van der Waals surface area contributed by atoms with E-state index in [9.17, 15) is 9.59 Å². The van der Waals surface area contributed by atoms with Gasteiger partial charge in [-0.3, -0.25) is 9.59 Å². The van der Waals surface area contributed by atoms with E-state index in [0.29, 0.717) is 16.9 Å². The number of esters is 1. The fourth-order valence-corrected chi connectivity index (χ4v) is 3.27. The molecular formula is C17H16O3. The van der Waals surface area contributed by atoms with E-state index in [2.05, 4.69) is 6.58 Å². The molecule has 0 fully saturated rings. The highest BCUT2D eigenvalue weighted by Gasteiger charge is 2.59. The van der Waals surface area contributed by atoms with E-state index >= 15 is 0 Å². The first-order valence-electron chi connectivity index (χ1n) is 6.80. The second-order valence-electron chi connectivity index (χ2n) is 5.34. The van der Waals surface area contributed by atoms with Crippen molar-refractivity contribution in [1.29, 1.82) is 0 Å². The minimum absolute atomic E-state index is 0.193. The van der Waals surface area contributed by atoms with Gasteiger partial charge in [0.2, 0.25) is 0 Å². The number of hydrogen-bond acceptors (Lipinski definition) is 3. The average molecular weight is 268 g/mol. The van der Waals surface area contributed by atoms with Crippen molar-refractivity contribution in [3.05, 3.63) is 53.6 Å². The molecule has 0 radical (unpaired) electrons. The molecule has 2 aliphatic rings. The molecule has 3 nitrogen and oxygen atoms in total. The predicted molar refractivity (Wildman–Crippen MR) is 75.5 cm³/mol. The molecule has 1 spiro atoms. The van der Waals surface area contributed by atoms with Gasteiger partial charge in [0.05, 0.1) is 5.56 Å². The lowest BCUT2D eigenvalue weighted by Crippen LogP contribution is -2.49. The molecule has 0 saturated carbocycles. The Balaban J connectivity index is 2.19. The first-order valence-corrected chi connectivity index (χ1v) is 6.80. The second-order valence-corrected chi connectivity index (χ2v) is 5.34. The van der Waals surface area contributed by atoms with E-state index in [1.54, 1.807) is 24.3 Å². The van der Waals surface area contributed by atoms with Crippen LogP contribution in [-0.4, -0.2) is 11.8 Å². The zero-order valence-corrected chi connectivity index (χ0v) is 11.6. The number of hydrogen-bond donors (Lipinski definition) is 0. The Labute approximate surface area is 117 Å². The maximum atomic E-state index is 12.9. The van der Waals surface area contributed by atoms with Crippen molar-refractivity contribution in [2.45, 2.75) is 20.3 Å². The quantitative estimate of drug-likeness (QED) is 0.446. The summed E-state index contributed by atoms with van der Waals surface area (Å²) in [5.74, 6) is -0.573. The molecule has 0 N–H and O–H groups in total. The first-order chi connectivity index (χ1) is 9.53. The van der Waals surface area contributed by atoms with Crippen LogP contribution in [0.5, 0.6) is 5.75 Å². The van der Waals surface area contributed by atoms with Gasteiger partial charge in [-0.15, -0.1) is 0 Å². The Kier molecular flexibility index (Phi) is 2.68. The summed E-state index contributed by atoms with van der Waals surface area (Å²) in [5, 5.41) is 0. The molecule has 3 heteroatoms. The van der Waals surface area contributed by atoms with Crippen LogP contribution in [0.15, 0.2) is 48.1 Å². The fourth-order valence-electron chi connectivity index (χ4n) is 3.27. The molecule has 2 atom stereocenters. The van der Waals surface area contributed by atoms with Crippen molar-refractivity contribution in [2.24, 2.45) is 11.3 Å². The molecule has 0 amide bonds. The average Bonchev–Trinajstić information content (AvgIpc) is 2.69. The van der Waals surface area contributed by atoms with Crippen molar-refractivity contribution < 1.29 is 14.3 Å². The number of fused-ring (bicyclic) bond motifs is 1. The highest BCUT2D eigenvalue weighted by atomic mass is 16.5. The van der Waals surface area contributed by atoms with Crippen molar-refractivity contribution in [2.75, 3.05) is 0 Å². The number of benzene rings is 1. The molecule has 20 heavy (non-hydrogen) atoms. The van der Waals surface area contributed by atoms with Gasteiger partial charge in [0.15, 0.2) is 11.2 Å². The number of allylic oxidation sites excluding steroid dienone is 2. The normalized spacial score (nSPS) is 28.4. The predicted octanol–water partition coefficient (Wildman–Crippen LogP) is 3.32. The Bertz CT molecular complexity index is 669. The third-order valence-corrected chi connectivity index (χ3v) is 4.39. The standard InChI is InChI=1S/C17H16O3/c1-4-12-9-10(2)17(11(12)3)15(18)13-7-5-6-8-14(13)20-16(17)19/h5-10H,3-4H2,1-2H3. The van der Waals surface area contributed by atoms with Crippen LogP contribution in [0.25, 0.3) is 0 Å². The van der Waals surface area contributed by atoms with Crippen molar-refractivity contribution in [1.82, 2.24) is 0 Å². The van der Waals surface area contributed by atoms with Gasteiger partial charge in [0.1, 0.15) is 5.75 Å². The molecule has 0 bridgehead atoms. The van der Waals surface area contributed by atoms with Gasteiger partial charge < -0.3 is 4.74 Å². The third-order valence-electron chi connectivity index (χ3n) is 4.39. The summed E-state index contributed by atoms with van der Waals surface area (Å²) in [4.78, 5) is 25.5. The zero-order chi connectivity index (χ0) is 14.5. The molecule has 0 aromatic heterocycles. The van der Waals surface area contributed by atoms with Gasteiger partial charge in [-0.2, -0.15) is 0 Å². The first kappa shape index (κ1) is 12.9. The van der Waals surface area contributed by atoms with Gasteiger partial charge in [0.25, 0.3) is 0 Å². The van der Waals surface area contributed by atoms with Gasteiger partial charge >= 0.3 is 5.97 Å². The number of para-hydroxylation sites is 1. The van der Waals surface area contributed by atoms with Crippen LogP contribution in [0.4, 0.5) is 0 Å². The molecule has 2 unspecified atom stereocenters. The van der Waals surface area contributed by atoms with E-state index in [0.717, 1.165) is 12.0 Å². The largest absolute Gasteiger partial charge is 0.425 e. The summed E-state index contributed by atoms with van der Waals surface area (Å²) < 4.78 is 5.42. The number of rotatable bonds is 1. The van der Waals surface area contributed by atoms with Gasteiger partial charge in [0, 0.05) is 5.92 Å². The van der Waals surface area contributed by atoms with E-state index in [1.807, 2.05) is 19.9 Å². The van der Waals surface area contributed by atoms with Crippen molar-refractivity contribution >= 4 is 11.8 Å². The molecule has 1 aromatic rings. The van der Waals surface area contributed by atoms with E-state index in [1.165, 1.54) is 0 Å². The molecule has 0 saturated heterocycles. The smallest absolute Gasteiger partial charge is 0.330 e. The summed E-state index contributed by atoms with van der Waals surface area (Å²) in [7, 11) is 0. The van der Waals surface area contributed by atoms with Crippen LogP contribution in [0.2, 0.25) is 0 Å². The second kappa shape index (κ2) is 4.17. The van der Waals surface area contributed by atoms with Crippen LogP contribution in [0.1, 0.15) is 30.6 Å². The molecule has 3 rings (SSSR count). The molecular weight excluding hydrogens is 252 g/mol. The Morgan fingerprint density at radius 2 is 2.00 bits per heavy atom. The number of ketones is 1. The lowest BCUT2D eigenvalue weighted by molar-refractivity contribution is -0.143. The van der Waals surface area contributed by atoms with Crippen LogP contribution in [0, 0.1) is 11.3 Å². The number of carbonyl (C=O) groups is 2. The highest BCUT2D eigenvalue weighted by Crippen LogP contribution is 2.52. The maximum absolute atomic E-state index is 12.9. The topological polar surface area (TPSA) is 43.4 Å². The molecule has 1 aromatic carbocycles. The van der Waals surface area contributed by atoms with Gasteiger partial charge in [-0.05, 0) is 29.7 Å². The van der Waals surface area contributed by atoms with E-state index < -0.39 is 11.4 Å². The number of ether oxygens (including phenoxy) is 1. The minimum Gasteiger partial charge on any atom is -0.425 e. The Morgan fingerprint density at radius 3 is 2.65 bits per heavy atom.